The number of amides is 1. The molecule has 1 heterocycles. The average molecular weight is 259 g/mol. The Morgan fingerprint density at radius 1 is 1.53 bits per heavy atom. The van der Waals surface area contributed by atoms with E-state index in [4.69, 9.17) is 5.73 Å². The van der Waals surface area contributed by atoms with Gasteiger partial charge in [-0.05, 0) is 25.0 Å². The van der Waals surface area contributed by atoms with Gasteiger partial charge in [0, 0.05) is 18.7 Å². The van der Waals surface area contributed by atoms with Gasteiger partial charge in [-0.25, -0.2) is 4.39 Å². The number of hydrogen-bond donors (Lipinski definition) is 1. The average Bonchev–Trinajstić information content (AvgIpc) is 2.28. The van der Waals surface area contributed by atoms with Crippen LogP contribution >= 0.6 is 12.4 Å². The van der Waals surface area contributed by atoms with Gasteiger partial charge in [-0.1, -0.05) is 12.1 Å². The summed E-state index contributed by atoms with van der Waals surface area (Å²) in [7, 11) is 0. The number of fused-ring (bicyclic) bond motifs is 1. The molecule has 1 aromatic rings. The summed E-state index contributed by atoms with van der Waals surface area (Å²) in [5.74, 6) is -0.353. The molecular weight excluding hydrogens is 243 g/mol. The number of benzene rings is 1. The van der Waals surface area contributed by atoms with Crippen LogP contribution in [0.3, 0.4) is 0 Å². The van der Waals surface area contributed by atoms with Gasteiger partial charge < -0.3 is 10.6 Å². The molecule has 0 aliphatic carbocycles. The van der Waals surface area contributed by atoms with E-state index in [9.17, 15) is 9.18 Å². The maximum atomic E-state index is 13.5. The normalized spacial score (nSPS) is 15.8. The van der Waals surface area contributed by atoms with Crippen molar-refractivity contribution >= 4 is 18.3 Å². The molecule has 17 heavy (non-hydrogen) atoms. The van der Waals surface area contributed by atoms with Crippen molar-refractivity contribution in [2.45, 2.75) is 25.9 Å². The van der Waals surface area contributed by atoms with Crippen molar-refractivity contribution in [2.75, 3.05) is 6.54 Å². The number of carbonyl (C=O) groups excluding carboxylic acids is 1. The van der Waals surface area contributed by atoms with Gasteiger partial charge in [0.05, 0.1) is 6.04 Å². The Balaban J connectivity index is 0.00000144. The lowest BCUT2D eigenvalue weighted by atomic mass is 9.99. The summed E-state index contributed by atoms with van der Waals surface area (Å²) >= 11 is 0. The Kier molecular flexibility index (Phi) is 4.48. The first-order chi connectivity index (χ1) is 7.59. The van der Waals surface area contributed by atoms with Crippen molar-refractivity contribution in [3.8, 4) is 0 Å². The summed E-state index contributed by atoms with van der Waals surface area (Å²) in [5, 5.41) is 0. The molecule has 0 bridgehead atoms. The summed E-state index contributed by atoms with van der Waals surface area (Å²) in [5.41, 5.74) is 7.16. The third kappa shape index (κ3) is 2.76. The zero-order chi connectivity index (χ0) is 11.7. The molecule has 0 spiro atoms. The number of carbonyl (C=O) groups is 1. The predicted molar refractivity (Wildman–Crippen MR) is 66.4 cm³/mol. The second kappa shape index (κ2) is 5.47. The van der Waals surface area contributed by atoms with E-state index >= 15 is 0 Å². The molecule has 1 aromatic carbocycles. The van der Waals surface area contributed by atoms with Crippen LogP contribution in [0.25, 0.3) is 0 Å². The first kappa shape index (κ1) is 13.9. The topological polar surface area (TPSA) is 46.3 Å². The standard InChI is InChI=1S/C12H15FN2O.ClH/c1-8(14)12(16)15-6-5-9-3-2-4-11(13)10(9)7-15;/h2-4,8H,5-7,14H2,1H3;1H/t8-;/m1./s1. The van der Waals surface area contributed by atoms with Crippen LogP contribution in [0, 0.1) is 5.82 Å². The maximum Gasteiger partial charge on any atom is 0.239 e. The third-order valence-corrected chi connectivity index (χ3v) is 2.92. The molecule has 0 aromatic heterocycles. The molecule has 1 aliphatic rings. The number of halogens is 2. The van der Waals surface area contributed by atoms with Gasteiger partial charge in [-0.15, -0.1) is 12.4 Å². The summed E-state index contributed by atoms with van der Waals surface area (Å²) in [6.45, 7) is 2.61. The minimum absolute atomic E-state index is 0. The molecule has 2 N–H and O–H groups in total. The number of nitrogens with two attached hydrogens (primary N) is 1. The van der Waals surface area contributed by atoms with Crippen LogP contribution in [0.1, 0.15) is 18.1 Å². The Morgan fingerprint density at radius 2 is 2.24 bits per heavy atom. The van der Waals surface area contributed by atoms with Crippen LogP contribution in [0.15, 0.2) is 18.2 Å². The Labute approximate surface area is 106 Å². The van der Waals surface area contributed by atoms with Crippen LogP contribution in [0.2, 0.25) is 0 Å². The molecule has 0 unspecified atom stereocenters. The fraction of sp³-hybridized carbons (Fsp3) is 0.417. The number of nitrogens with zero attached hydrogens (tertiary/aromatic N) is 1. The summed E-state index contributed by atoms with van der Waals surface area (Å²) in [6.07, 6.45) is 0.700. The number of rotatable bonds is 1. The van der Waals surface area contributed by atoms with Gasteiger partial charge in [0.1, 0.15) is 5.82 Å². The van der Waals surface area contributed by atoms with E-state index in [2.05, 4.69) is 0 Å². The molecule has 0 fully saturated rings. The molecule has 1 aliphatic heterocycles. The predicted octanol–water partition coefficient (Wildman–Crippen LogP) is 1.48. The van der Waals surface area contributed by atoms with E-state index in [0.29, 0.717) is 25.1 Å². The molecule has 0 saturated heterocycles. The second-order valence-corrected chi connectivity index (χ2v) is 4.18. The van der Waals surface area contributed by atoms with Crippen molar-refractivity contribution in [1.29, 1.82) is 0 Å². The first-order valence-corrected chi connectivity index (χ1v) is 5.40. The van der Waals surface area contributed by atoms with E-state index in [1.165, 1.54) is 6.07 Å². The van der Waals surface area contributed by atoms with Crippen molar-refractivity contribution in [3.05, 3.63) is 35.1 Å². The van der Waals surface area contributed by atoms with Gasteiger partial charge in [-0.2, -0.15) is 0 Å². The lowest BCUT2D eigenvalue weighted by molar-refractivity contribution is -0.133. The summed E-state index contributed by atoms with van der Waals surface area (Å²) in [6, 6.07) is 4.52. The van der Waals surface area contributed by atoms with Crippen molar-refractivity contribution in [1.82, 2.24) is 4.90 Å². The highest BCUT2D eigenvalue weighted by atomic mass is 35.5. The quantitative estimate of drug-likeness (QED) is 0.829. The molecule has 1 amide bonds. The van der Waals surface area contributed by atoms with E-state index in [1.807, 2.05) is 6.07 Å². The van der Waals surface area contributed by atoms with Gasteiger partial charge in [0.2, 0.25) is 5.91 Å². The lowest BCUT2D eigenvalue weighted by Crippen LogP contribution is -2.44. The summed E-state index contributed by atoms with van der Waals surface area (Å²) < 4.78 is 13.5. The highest BCUT2D eigenvalue weighted by Gasteiger charge is 2.24. The van der Waals surface area contributed by atoms with Crippen molar-refractivity contribution < 1.29 is 9.18 Å². The van der Waals surface area contributed by atoms with Crippen molar-refractivity contribution in [3.63, 3.8) is 0 Å². The monoisotopic (exact) mass is 258 g/mol. The fourth-order valence-electron chi connectivity index (χ4n) is 2.02. The minimum Gasteiger partial charge on any atom is -0.337 e. The second-order valence-electron chi connectivity index (χ2n) is 4.18. The molecule has 0 radical (unpaired) electrons. The Hall–Kier alpha value is -1.13. The molecule has 5 heteroatoms. The van der Waals surface area contributed by atoms with Crippen LogP contribution in [0.4, 0.5) is 4.39 Å². The summed E-state index contributed by atoms with van der Waals surface area (Å²) in [4.78, 5) is 13.3. The zero-order valence-electron chi connectivity index (χ0n) is 9.65. The molecular formula is C12H16ClFN2O. The highest BCUT2D eigenvalue weighted by molar-refractivity contribution is 5.85. The van der Waals surface area contributed by atoms with Gasteiger partial charge in [0.15, 0.2) is 0 Å². The van der Waals surface area contributed by atoms with E-state index in [1.54, 1.807) is 17.9 Å². The fourth-order valence-corrected chi connectivity index (χ4v) is 2.02. The molecule has 2 rings (SSSR count). The van der Waals surface area contributed by atoms with Crippen molar-refractivity contribution in [2.24, 2.45) is 5.73 Å². The molecule has 3 nitrogen and oxygen atoms in total. The van der Waals surface area contributed by atoms with Gasteiger partial charge in [-0.3, -0.25) is 4.79 Å². The van der Waals surface area contributed by atoms with Gasteiger partial charge >= 0.3 is 0 Å². The number of hydrogen-bond acceptors (Lipinski definition) is 2. The van der Waals surface area contributed by atoms with Crippen LogP contribution < -0.4 is 5.73 Å². The smallest absolute Gasteiger partial charge is 0.239 e. The van der Waals surface area contributed by atoms with Gasteiger partial charge in [0.25, 0.3) is 0 Å². The van der Waals surface area contributed by atoms with Crippen LogP contribution in [0.5, 0.6) is 0 Å². The Bertz CT molecular complexity index is 423. The zero-order valence-corrected chi connectivity index (χ0v) is 10.5. The van der Waals surface area contributed by atoms with Crippen LogP contribution in [-0.4, -0.2) is 23.4 Å². The molecule has 0 saturated carbocycles. The SMILES string of the molecule is C[C@@H](N)C(=O)N1CCc2cccc(F)c2C1.Cl. The molecule has 94 valence electrons. The van der Waals surface area contributed by atoms with E-state index in [-0.39, 0.29) is 24.1 Å². The molecule has 1 atom stereocenters. The van der Waals surface area contributed by atoms with Crippen LogP contribution in [-0.2, 0) is 17.8 Å². The van der Waals surface area contributed by atoms with E-state index < -0.39 is 6.04 Å². The highest BCUT2D eigenvalue weighted by Crippen LogP contribution is 2.21. The largest absolute Gasteiger partial charge is 0.337 e. The minimum atomic E-state index is -0.520. The maximum absolute atomic E-state index is 13.5. The lowest BCUT2D eigenvalue weighted by Gasteiger charge is -2.30. The first-order valence-electron chi connectivity index (χ1n) is 5.40. The third-order valence-electron chi connectivity index (χ3n) is 2.92. The van der Waals surface area contributed by atoms with E-state index in [0.717, 1.165) is 5.56 Å². The Morgan fingerprint density at radius 3 is 2.88 bits per heavy atom.